The van der Waals surface area contributed by atoms with Gasteiger partial charge in [0, 0.05) is 23.2 Å². The number of nitrogens with zero attached hydrogens (tertiary/aromatic N) is 1. The molecule has 1 fully saturated rings. The molecule has 4 N–H and O–H groups in total. The van der Waals surface area contributed by atoms with Gasteiger partial charge in [0.1, 0.15) is 18.3 Å². The number of nitrogens with one attached hydrogen (secondary N) is 1. The van der Waals surface area contributed by atoms with Crippen LogP contribution >= 0.6 is 0 Å². The standard InChI is InChI=1S/C29H31F4N3O4/c1-28(2,34)19-14-23(17-3-6-20(30)7-4-17)36-24(15-19)22(29(31,32)33)16-35-27(38)18-5-10-25(40-21-8-9-21)26(13-18)39-12-11-37/h3-7,10,13-15,21-22,37H,8-9,11-12,16,34H2,1-2H3,(H,35,38). The molecule has 1 atom stereocenters. The molecule has 3 aromatic rings. The number of aromatic nitrogens is 1. The Morgan fingerprint density at radius 3 is 2.40 bits per heavy atom. The van der Waals surface area contributed by atoms with Gasteiger partial charge >= 0.3 is 6.18 Å². The minimum absolute atomic E-state index is 0.0435. The third-order valence-corrected chi connectivity index (χ3v) is 6.32. The topological polar surface area (TPSA) is 107 Å². The summed E-state index contributed by atoms with van der Waals surface area (Å²) in [6.07, 6.45) is -2.93. The molecule has 0 saturated heterocycles. The molecule has 7 nitrogen and oxygen atoms in total. The quantitative estimate of drug-likeness (QED) is 0.282. The molecule has 0 aliphatic heterocycles. The Hall–Kier alpha value is -3.70. The second-order valence-corrected chi connectivity index (χ2v) is 10.2. The fraction of sp³-hybridized carbons (Fsp3) is 0.379. The number of rotatable bonds is 11. The highest BCUT2D eigenvalue weighted by Crippen LogP contribution is 2.37. The van der Waals surface area contributed by atoms with Gasteiger partial charge in [-0.15, -0.1) is 0 Å². The van der Waals surface area contributed by atoms with E-state index in [0.29, 0.717) is 16.9 Å². The molecule has 0 spiro atoms. The predicted octanol–water partition coefficient (Wildman–Crippen LogP) is 5.07. The Balaban J connectivity index is 1.61. The summed E-state index contributed by atoms with van der Waals surface area (Å²) in [5.74, 6) is -2.80. The second kappa shape index (κ2) is 11.8. The number of ether oxygens (including phenoxy) is 2. The Kier molecular flexibility index (Phi) is 8.65. The summed E-state index contributed by atoms with van der Waals surface area (Å²) in [5.41, 5.74) is 5.97. The van der Waals surface area contributed by atoms with Crippen LogP contribution in [0.5, 0.6) is 11.5 Å². The number of carbonyl (C=O) groups excluding carboxylic acids is 1. The highest BCUT2D eigenvalue weighted by molar-refractivity contribution is 5.95. The van der Waals surface area contributed by atoms with Crippen LogP contribution in [0.1, 0.15) is 54.2 Å². The Bertz CT molecular complexity index is 1340. The Labute approximate surface area is 229 Å². The van der Waals surface area contributed by atoms with Crippen molar-refractivity contribution >= 4 is 5.91 Å². The average Bonchev–Trinajstić information content (AvgIpc) is 3.71. The molecule has 40 heavy (non-hydrogen) atoms. The fourth-order valence-corrected chi connectivity index (χ4v) is 3.94. The van der Waals surface area contributed by atoms with Crippen LogP contribution in [-0.4, -0.2) is 48.0 Å². The highest BCUT2D eigenvalue weighted by Gasteiger charge is 2.42. The maximum absolute atomic E-state index is 14.3. The molecule has 2 aromatic carbocycles. The third kappa shape index (κ3) is 7.48. The van der Waals surface area contributed by atoms with Crippen molar-refractivity contribution in [2.24, 2.45) is 5.73 Å². The summed E-state index contributed by atoms with van der Waals surface area (Å²) in [7, 11) is 0. The van der Waals surface area contributed by atoms with Crippen molar-refractivity contribution in [2.45, 2.75) is 50.4 Å². The number of aliphatic hydroxyl groups is 1. The zero-order valence-electron chi connectivity index (χ0n) is 22.1. The van der Waals surface area contributed by atoms with Crippen molar-refractivity contribution in [2.75, 3.05) is 19.8 Å². The first kappa shape index (κ1) is 29.3. The van der Waals surface area contributed by atoms with E-state index >= 15 is 0 Å². The lowest BCUT2D eigenvalue weighted by Crippen LogP contribution is -2.36. The van der Waals surface area contributed by atoms with Gasteiger partial charge in [-0.05, 0) is 86.8 Å². The molecule has 1 heterocycles. The van der Waals surface area contributed by atoms with Gasteiger partial charge in [0.05, 0.1) is 24.1 Å². The van der Waals surface area contributed by atoms with E-state index in [1.165, 1.54) is 48.5 Å². The average molecular weight is 562 g/mol. The van der Waals surface area contributed by atoms with Gasteiger partial charge in [-0.2, -0.15) is 13.2 Å². The Morgan fingerprint density at radius 2 is 1.80 bits per heavy atom. The molecule has 0 bridgehead atoms. The van der Waals surface area contributed by atoms with Crippen molar-refractivity contribution in [3.8, 4) is 22.8 Å². The highest BCUT2D eigenvalue weighted by atomic mass is 19.4. The molecule has 1 aliphatic carbocycles. The van der Waals surface area contributed by atoms with Crippen LogP contribution in [0.3, 0.4) is 0 Å². The van der Waals surface area contributed by atoms with Crippen LogP contribution in [0.2, 0.25) is 0 Å². The van der Waals surface area contributed by atoms with Gasteiger partial charge in [-0.3, -0.25) is 9.78 Å². The number of benzene rings is 2. The number of hydrogen-bond donors (Lipinski definition) is 3. The first-order valence-electron chi connectivity index (χ1n) is 12.8. The molecule has 1 aliphatic rings. The number of nitrogens with two attached hydrogens (primary N) is 1. The van der Waals surface area contributed by atoms with Crippen molar-refractivity contribution in [1.29, 1.82) is 0 Å². The lowest BCUT2D eigenvalue weighted by Gasteiger charge is -2.25. The van der Waals surface area contributed by atoms with Gasteiger partial charge in [0.25, 0.3) is 5.91 Å². The molecule has 0 radical (unpaired) electrons. The third-order valence-electron chi connectivity index (χ3n) is 6.32. The van der Waals surface area contributed by atoms with Gasteiger partial charge in [-0.1, -0.05) is 0 Å². The molecular formula is C29H31F4N3O4. The minimum Gasteiger partial charge on any atom is -0.487 e. The first-order valence-corrected chi connectivity index (χ1v) is 12.8. The zero-order chi connectivity index (χ0) is 29.1. The molecule has 1 saturated carbocycles. The van der Waals surface area contributed by atoms with E-state index < -0.39 is 35.9 Å². The van der Waals surface area contributed by atoms with Gasteiger partial charge < -0.3 is 25.6 Å². The minimum atomic E-state index is -4.75. The molecular weight excluding hydrogens is 530 g/mol. The van der Waals surface area contributed by atoms with Crippen LogP contribution in [-0.2, 0) is 5.54 Å². The number of hydrogen-bond acceptors (Lipinski definition) is 6. The lowest BCUT2D eigenvalue weighted by molar-refractivity contribution is -0.149. The maximum atomic E-state index is 14.3. The summed E-state index contributed by atoms with van der Waals surface area (Å²) >= 11 is 0. The summed E-state index contributed by atoms with van der Waals surface area (Å²) in [5, 5.41) is 11.5. The van der Waals surface area contributed by atoms with Crippen molar-refractivity contribution in [3.63, 3.8) is 0 Å². The van der Waals surface area contributed by atoms with Gasteiger partial charge in [0.15, 0.2) is 11.5 Å². The second-order valence-electron chi connectivity index (χ2n) is 10.2. The van der Waals surface area contributed by atoms with E-state index in [1.54, 1.807) is 19.9 Å². The summed E-state index contributed by atoms with van der Waals surface area (Å²) in [6, 6.07) is 12.4. The Morgan fingerprint density at radius 1 is 1.10 bits per heavy atom. The van der Waals surface area contributed by atoms with Gasteiger partial charge in [-0.25, -0.2) is 4.39 Å². The monoisotopic (exact) mass is 561 g/mol. The van der Waals surface area contributed by atoms with E-state index in [2.05, 4.69) is 10.3 Å². The van der Waals surface area contributed by atoms with Crippen LogP contribution in [0.25, 0.3) is 11.3 Å². The van der Waals surface area contributed by atoms with E-state index in [9.17, 15) is 22.4 Å². The van der Waals surface area contributed by atoms with Crippen molar-refractivity contribution in [1.82, 2.24) is 10.3 Å². The number of amides is 1. The van der Waals surface area contributed by atoms with E-state index in [4.69, 9.17) is 20.3 Å². The maximum Gasteiger partial charge on any atom is 0.398 e. The number of pyridine rings is 1. The van der Waals surface area contributed by atoms with Crippen LogP contribution in [0, 0.1) is 5.82 Å². The number of alkyl halides is 3. The molecule has 1 aromatic heterocycles. The number of aliphatic hydroxyl groups excluding tert-OH is 1. The molecule has 1 amide bonds. The summed E-state index contributed by atoms with van der Waals surface area (Å²) in [4.78, 5) is 17.2. The van der Waals surface area contributed by atoms with Crippen LogP contribution in [0.15, 0.2) is 54.6 Å². The van der Waals surface area contributed by atoms with Gasteiger partial charge in [0.2, 0.25) is 0 Å². The fourth-order valence-electron chi connectivity index (χ4n) is 3.94. The SMILES string of the molecule is CC(C)(N)c1cc(-c2ccc(F)cc2)nc(C(CNC(=O)c2ccc(OC3CC3)c(OCCO)c2)C(F)(F)F)c1. The molecule has 214 valence electrons. The van der Waals surface area contributed by atoms with Crippen LogP contribution < -0.4 is 20.5 Å². The van der Waals surface area contributed by atoms with Crippen LogP contribution in [0.4, 0.5) is 17.6 Å². The molecule has 4 rings (SSSR count). The number of halogens is 4. The van der Waals surface area contributed by atoms with E-state index in [-0.39, 0.29) is 42.0 Å². The summed E-state index contributed by atoms with van der Waals surface area (Å²) in [6.45, 7) is 2.20. The number of carbonyl (C=O) groups is 1. The molecule has 11 heteroatoms. The van der Waals surface area contributed by atoms with E-state index in [0.717, 1.165) is 12.8 Å². The normalized spacial score (nSPS) is 14.5. The lowest BCUT2D eigenvalue weighted by atomic mass is 9.91. The first-order chi connectivity index (χ1) is 18.8. The largest absolute Gasteiger partial charge is 0.487 e. The summed E-state index contributed by atoms with van der Waals surface area (Å²) < 4.78 is 67.7. The smallest absolute Gasteiger partial charge is 0.398 e. The van der Waals surface area contributed by atoms with E-state index in [1.807, 2.05) is 0 Å². The van der Waals surface area contributed by atoms with Crippen molar-refractivity contribution < 1.29 is 36.9 Å². The van der Waals surface area contributed by atoms with Crippen molar-refractivity contribution in [3.05, 3.63) is 77.2 Å². The zero-order valence-corrected chi connectivity index (χ0v) is 22.1. The molecule has 1 unspecified atom stereocenters. The predicted molar refractivity (Wildman–Crippen MR) is 141 cm³/mol.